The fourth-order valence-electron chi connectivity index (χ4n) is 2.38. The number of esters is 1. The molecule has 5 nitrogen and oxygen atoms in total. The highest BCUT2D eigenvalue weighted by Crippen LogP contribution is 2.25. The molecule has 0 unspecified atom stereocenters. The van der Waals surface area contributed by atoms with Crippen LogP contribution in [0.1, 0.15) is 39.0 Å². The third kappa shape index (κ3) is 5.04. The molecule has 1 amide bonds. The van der Waals surface area contributed by atoms with Crippen LogP contribution >= 0.6 is 0 Å². The van der Waals surface area contributed by atoms with Gasteiger partial charge in [0.15, 0.2) is 0 Å². The quantitative estimate of drug-likeness (QED) is 0.691. The molecule has 0 radical (unpaired) electrons. The second-order valence-corrected chi connectivity index (χ2v) is 4.73. The molecule has 1 aliphatic carbocycles. The molecule has 1 rings (SSSR count). The number of hydrogen-bond donors (Lipinski definition) is 2. The van der Waals surface area contributed by atoms with Gasteiger partial charge in [-0.25, -0.2) is 0 Å². The van der Waals surface area contributed by atoms with E-state index in [2.05, 4.69) is 10.6 Å². The summed E-state index contributed by atoms with van der Waals surface area (Å²) in [4.78, 5) is 22.6. The van der Waals surface area contributed by atoms with E-state index in [-0.39, 0.29) is 17.8 Å². The Hall–Kier alpha value is -1.10. The predicted molar refractivity (Wildman–Crippen MR) is 69.1 cm³/mol. The molecule has 0 saturated heterocycles. The van der Waals surface area contributed by atoms with Crippen LogP contribution < -0.4 is 10.6 Å². The number of ether oxygens (including phenoxy) is 1. The summed E-state index contributed by atoms with van der Waals surface area (Å²) >= 11 is 0. The van der Waals surface area contributed by atoms with Crippen molar-refractivity contribution in [2.24, 2.45) is 5.92 Å². The summed E-state index contributed by atoms with van der Waals surface area (Å²) in [6.45, 7) is 3.31. The van der Waals surface area contributed by atoms with Gasteiger partial charge in [-0.15, -0.1) is 0 Å². The van der Waals surface area contributed by atoms with E-state index in [9.17, 15) is 9.59 Å². The highest BCUT2D eigenvalue weighted by molar-refractivity contribution is 5.76. The Balaban J connectivity index is 2.12. The molecule has 0 bridgehead atoms. The second kappa shape index (κ2) is 8.08. The number of carbonyl (C=O) groups excluding carboxylic acids is 2. The smallest absolute Gasteiger partial charge is 0.308 e. The lowest BCUT2D eigenvalue weighted by Gasteiger charge is -2.27. The van der Waals surface area contributed by atoms with E-state index in [0.717, 1.165) is 25.7 Å². The maximum absolute atomic E-state index is 11.4. The van der Waals surface area contributed by atoms with Gasteiger partial charge in [0, 0.05) is 25.6 Å². The zero-order valence-corrected chi connectivity index (χ0v) is 11.3. The fraction of sp³-hybridized carbons (Fsp3) is 0.846. The van der Waals surface area contributed by atoms with Gasteiger partial charge in [-0.3, -0.25) is 9.59 Å². The molecule has 1 aliphatic rings. The molecule has 18 heavy (non-hydrogen) atoms. The van der Waals surface area contributed by atoms with Crippen LogP contribution in [0.25, 0.3) is 0 Å². The summed E-state index contributed by atoms with van der Waals surface area (Å²) in [7, 11) is 1.44. The summed E-state index contributed by atoms with van der Waals surface area (Å²) in [5.74, 6) is 0.0699. The molecule has 1 saturated carbocycles. The summed E-state index contributed by atoms with van der Waals surface area (Å²) < 4.78 is 4.75. The lowest BCUT2D eigenvalue weighted by Crippen LogP contribution is -2.37. The van der Waals surface area contributed by atoms with Gasteiger partial charge in [-0.1, -0.05) is 0 Å². The van der Waals surface area contributed by atoms with Crippen LogP contribution in [-0.4, -0.2) is 38.1 Å². The van der Waals surface area contributed by atoms with E-state index in [4.69, 9.17) is 4.74 Å². The Bertz CT molecular complexity index is 273. The van der Waals surface area contributed by atoms with E-state index in [1.165, 1.54) is 7.11 Å². The maximum Gasteiger partial charge on any atom is 0.308 e. The van der Waals surface area contributed by atoms with E-state index >= 15 is 0 Å². The molecule has 104 valence electrons. The van der Waals surface area contributed by atoms with Gasteiger partial charge in [0.05, 0.1) is 13.0 Å². The van der Waals surface area contributed by atoms with Crippen molar-refractivity contribution in [2.45, 2.75) is 45.1 Å². The highest BCUT2D eigenvalue weighted by atomic mass is 16.5. The molecule has 2 N–H and O–H groups in total. The van der Waals surface area contributed by atoms with Crippen molar-refractivity contribution in [3.8, 4) is 0 Å². The lowest BCUT2D eigenvalue weighted by molar-refractivity contribution is -0.146. The monoisotopic (exact) mass is 256 g/mol. The zero-order valence-electron chi connectivity index (χ0n) is 11.3. The van der Waals surface area contributed by atoms with Crippen molar-refractivity contribution in [2.75, 3.05) is 20.2 Å². The first-order chi connectivity index (χ1) is 8.67. The molecule has 0 heterocycles. The third-order valence-corrected chi connectivity index (χ3v) is 3.42. The van der Waals surface area contributed by atoms with Gasteiger partial charge in [-0.2, -0.15) is 0 Å². The Labute approximate surface area is 109 Å². The van der Waals surface area contributed by atoms with E-state index in [1.807, 2.05) is 6.92 Å². The molecule has 0 atom stereocenters. The first-order valence-corrected chi connectivity index (χ1v) is 6.75. The number of carbonyl (C=O) groups is 2. The van der Waals surface area contributed by atoms with Crippen LogP contribution in [0.5, 0.6) is 0 Å². The number of methoxy groups -OCH3 is 1. The van der Waals surface area contributed by atoms with Gasteiger partial charge in [0.1, 0.15) is 0 Å². The summed E-state index contributed by atoms with van der Waals surface area (Å²) in [6, 6.07) is 0.431. The van der Waals surface area contributed by atoms with Crippen LogP contribution in [0.15, 0.2) is 0 Å². The van der Waals surface area contributed by atoms with Gasteiger partial charge in [-0.05, 0) is 32.6 Å². The van der Waals surface area contributed by atoms with Gasteiger partial charge < -0.3 is 15.4 Å². The van der Waals surface area contributed by atoms with Crippen LogP contribution in [0.2, 0.25) is 0 Å². The zero-order chi connectivity index (χ0) is 13.4. The molecular weight excluding hydrogens is 232 g/mol. The average molecular weight is 256 g/mol. The van der Waals surface area contributed by atoms with E-state index in [1.54, 1.807) is 0 Å². The van der Waals surface area contributed by atoms with Crippen LogP contribution in [-0.2, 0) is 14.3 Å². The minimum Gasteiger partial charge on any atom is -0.469 e. The van der Waals surface area contributed by atoms with Crippen molar-refractivity contribution < 1.29 is 14.3 Å². The molecule has 5 heteroatoms. The number of hydrogen-bond acceptors (Lipinski definition) is 4. The van der Waals surface area contributed by atoms with Crippen LogP contribution in [0.3, 0.4) is 0 Å². The maximum atomic E-state index is 11.4. The molecular formula is C13H24N2O3. The minimum absolute atomic E-state index is 0.0661. The summed E-state index contributed by atoms with van der Waals surface area (Å²) in [5.41, 5.74) is 0. The highest BCUT2D eigenvalue weighted by Gasteiger charge is 2.26. The standard InChI is InChI=1S/C13H24N2O3/c1-3-14-12(16)8-9-15-11-6-4-10(5-7-11)13(17)18-2/h10-11,15H,3-9H2,1-2H3,(H,14,16). The third-order valence-electron chi connectivity index (χ3n) is 3.42. The fourth-order valence-corrected chi connectivity index (χ4v) is 2.38. The summed E-state index contributed by atoms with van der Waals surface area (Å²) in [5, 5.41) is 6.15. The van der Waals surface area contributed by atoms with Crippen molar-refractivity contribution in [3.05, 3.63) is 0 Å². The predicted octanol–water partition coefficient (Wildman–Crippen LogP) is 0.834. The Morgan fingerprint density at radius 1 is 1.22 bits per heavy atom. The Kier molecular flexibility index (Phi) is 6.72. The first kappa shape index (κ1) is 15.0. The number of nitrogens with one attached hydrogen (secondary N) is 2. The van der Waals surface area contributed by atoms with Crippen molar-refractivity contribution >= 4 is 11.9 Å². The minimum atomic E-state index is -0.0872. The van der Waals surface area contributed by atoms with Gasteiger partial charge in [0.25, 0.3) is 0 Å². The Morgan fingerprint density at radius 2 is 1.89 bits per heavy atom. The average Bonchev–Trinajstić information content (AvgIpc) is 2.39. The lowest BCUT2D eigenvalue weighted by atomic mass is 9.86. The topological polar surface area (TPSA) is 67.4 Å². The van der Waals surface area contributed by atoms with Crippen molar-refractivity contribution in [1.29, 1.82) is 0 Å². The largest absolute Gasteiger partial charge is 0.469 e. The number of amides is 1. The SMILES string of the molecule is CCNC(=O)CCNC1CCC(C(=O)OC)CC1. The first-order valence-electron chi connectivity index (χ1n) is 6.75. The molecule has 1 fully saturated rings. The molecule has 0 aromatic heterocycles. The van der Waals surface area contributed by atoms with Crippen LogP contribution in [0.4, 0.5) is 0 Å². The van der Waals surface area contributed by atoms with Gasteiger partial charge in [0.2, 0.25) is 5.91 Å². The van der Waals surface area contributed by atoms with Crippen molar-refractivity contribution in [1.82, 2.24) is 10.6 Å². The number of rotatable bonds is 6. The van der Waals surface area contributed by atoms with E-state index < -0.39 is 0 Å². The normalized spacial score (nSPS) is 23.4. The Morgan fingerprint density at radius 3 is 2.44 bits per heavy atom. The van der Waals surface area contributed by atoms with Gasteiger partial charge >= 0.3 is 5.97 Å². The summed E-state index contributed by atoms with van der Waals surface area (Å²) in [6.07, 6.45) is 4.24. The van der Waals surface area contributed by atoms with Crippen LogP contribution in [0, 0.1) is 5.92 Å². The van der Waals surface area contributed by atoms with Crippen molar-refractivity contribution in [3.63, 3.8) is 0 Å². The molecule has 0 aromatic carbocycles. The molecule has 0 aromatic rings. The van der Waals surface area contributed by atoms with E-state index in [0.29, 0.717) is 25.6 Å². The molecule has 0 spiro atoms. The molecule has 0 aliphatic heterocycles. The second-order valence-electron chi connectivity index (χ2n) is 4.73.